The Kier molecular flexibility index (Phi) is 6.11. The Morgan fingerprint density at radius 1 is 1.47 bits per heavy atom. The molecule has 0 radical (unpaired) electrons. The van der Waals surface area contributed by atoms with Gasteiger partial charge in [-0.05, 0) is 24.2 Å². The van der Waals surface area contributed by atoms with Gasteiger partial charge in [-0.2, -0.15) is 0 Å². The van der Waals surface area contributed by atoms with E-state index in [1.807, 2.05) is 6.07 Å². The number of ether oxygens (including phenoxy) is 1. The van der Waals surface area contributed by atoms with E-state index in [1.54, 1.807) is 13.2 Å². The molecule has 17 heavy (non-hydrogen) atoms. The lowest BCUT2D eigenvalue weighted by Crippen LogP contribution is -2.34. The Balaban J connectivity index is 2.54. The van der Waals surface area contributed by atoms with Gasteiger partial charge < -0.3 is 10.5 Å². The van der Waals surface area contributed by atoms with Gasteiger partial charge in [0.25, 0.3) is 0 Å². The van der Waals surface area contributed by atoms with Crippen molar-refractivity contribution < 1.29 is 9.13 Å². The molecule has 1 unspecified atom stereocenters. The quantitative estimate of drug-likeness (QED) is 0.789. The summed E-state index contributed by atoms with van der Waals surface area (Å²) in [6.45, 7) is 5.23. The summed E-state index contributed by atoms with van der Waals surface area (Å²) in [5.41, 5.74) is 6.90. The minimum absolute atomic E-state index is 0.164. The number of methoxy groups -OCH3 is 1. The van der Waals surface area contributed by atoms with Crippen molar-refractivity contribution in [3.8, 4) is 0 Å². The number of hydrogen-bond donors (Lipinski definition) is 1. The van der Waals surface area contributed by atoms with E-state index < -0.39 is 0 Å². The average molecular weight is 240 g/mol. The first-order chi connectivity index (χ1) is 8.17. The van der Waals surface area contributed by atoms with Crippen molar-refractivity contribution in [1.82, 2.24) is 4.90 Å². The van der Waals surface area contributed by atoms with Crippen molar-refractivity contribution in [2.24, 2.45) is 5.73 Å². The van der Waals surface area contributed by atoms with Gasteiger partial charge in [-0.25, -0.2) is 4.39 Å². The fraction of sp³-hybridized carbons (Fsp3) is 0.538. The molecule has 0 aliphatic heterocycles. The molecular formula is C13H21FN2O. The first-order valence-corrected chi connectivity index (χ1v) is 5.89. The Morgan fingerprint density at radius 2 is 2.24 bits per heavy atom. The molecule has 0 bridgehead atoms. The molecule has 0 heterocycles. The molecule has 0 aliphatic carbocycles. The molecule has 1 rings (SSSR count). The molecule has 3 nitrogen and oxygen atoms in total. The molecular weight excluding hydrogens is 219 g/mol. The summed E-state index contributed by atoms with van der Waals surface area (Å²) in [6.07, 6.45) is 0. The molecule has 2 N–H and O–H groups in total. The SMILES string of the molecule is CCN(CCOC)CC(N)c1cccc(F)c1. The molecule has 1 aromatic rings. The zero-order chi connectivity index (χ0) is 12.7. The largest absolute Gasteiger partial charge is 0.383 e. The Hall–Kier alpha value is -0.970. The van der Waals surface area contributed by atoms with E-state index in [0.717, 1.165) is 18.7 Å². The van der Waals surface area contributed by atoms with E-state index in [2.05, 4.69) is 11.8 Å². The van der Waals surface area contributed by atoms with Gasteiger partial charge in [0.2, 0.25) is 0 Å². The van der Waals surface area contributed by atoms with E-state index in [0.29, 0.717) is 13.2 Å². The van der Waals surface area contributed by atoms with Crippen LogP contribution in [-0.4, -0.2) is 38.3 Å². The lowest BCUT2D eigenvalue weighted by atomic mass is 10.1. The Morgan fingerprint density at radius 3 is 2.82 bits per heavy atom. The van der Waals surface area contributed by atoms with Crippen LogP contribution in [0.4, 0.5) is 4.39 Å². The number of hydrogen-bond acceptors (Lipinski definition) is 3. The van der Waals surface area contributed by atoms with Gasteiger partial charge >= 0.3 is 0 Å². The molecule has 0 amide bonds. The minimum Gasteiger partial charge on any atom is -0.383 e. The predicted molar refractivity (Wildman–Crippen MR) is 67.3 cm³/mol. The summed E-state index contributed by atoms with van der Waals surface area (Å²) in [5, 5.41) is 0. The van der Waals surface area contributed by atoms with Gasteiger partial charge in [0.15, 0.2) is 0 Å². The summed E-state index contributed by atoms with van der Waals surface area (Å²) in [5.74, 6) is -0.238. The normalized spacial score (nSPS) is 13.0. The zero-order valence-corrected chi connectivity index (χ0v) is 10.5. The van der Waals surface area contributed by atoms with E-state index in [9.17, 15) is 4.39 Å². The molecule has 1 atom stereocenters. The van der Waals surface area contributed by atoms with E-state index in [4.69, 9.17) is 10.5 Å². The maximum atomic E-state index is 13.1. The first-order valence-electron chi connectivity index (χ1n) is 5.89. The van der Waals surface area contributed by atoms with Crippen molar-refractivity contribution in [1.29, 1.82) is 0 Å². The van der Waals surface area contributed by atoms with Crippen LogP contribution in [0, 0.1) is 5.82 Å². The van der Waals surface area contributed by atoms with Crippen LogP contribution in [0.2, 0.25) is 0 Å². The standard InChI is InChI=1S/C13H21FN2O/c1-3-16(7-8-17-2)10-13(15)11-5-4-6-12(14)9-11/h4-6,9,13H,3,7-8,10,15H2,1-2H3. The number of likely N-dealkylation sites (N-methyl/N-ethyl adjacent to an activating group) is 1. The molecule has 0 spiro atoms. The summed E-state index contributed by atoms with van der Waals surface area (Å²) in [6, 6.07) is 6.31. The molecule has 0 aromatic heterocycles. The highest BCUT2D eigenvalue weighted by atomic mass is 19.1. The molecule has 0 saturated carbocycles. The smallest absolute Gasteiger partial charge is 0.123 e. The number of rotatable bonds is 7. The van der Waals surface area contributed by atoms with Crippen LogP contribution in [0.15, 0.2) is 24.3 Å². The maximum Gasteiger partial charge on any atom is 0.123 e. The molecule has 0 saturated heterocycles. The van der Waals surface area contributed by atoms with Crippen LogP contribution in [0.25, 0.3) is 0 Å². The lowest BCUT2D eigenvalue weighted by Gasteiger charge is -2.24. The topological polar surface area (TPSA) is 38.5 Å². The Bertz CT molecular complexity index is 333. The second-order valence-electron chi connectivity index (χ2n) is 4.05. The van der Waals surface area contributed by atoms with Crippen molar-refractivity contribution in [3.63, 3.8) is 0 Å². The van der Waals surface area contributed by atoms with Gasteiger partial charge in [0.1, 0.15) is 5.82 Å². The summed E-state index contributed by atoms with van der Waals surface area (Å²) >= 11 is 0. The fourth-order valence-electron chi connectivity index (χ4n) is 1.72. The number of nitrogens with two attached hydrogens (primary N) is 1. The van der Waals surface area contributed by atoms with E-state index in [1.165, 1.54) is 12.1 Å². The number of halogens is 1. The molecule has 1 aromatic carbocycles. The maximum absolute atomic E-state index is 13.1. The van der Waals surface area contributed by atoms with E-state index >= 15 is 0 Å². The first kappa shape index (κ1) is 14.1. The summed E-state index contributed by atoms with van der Waals surface area (Å²) < 4.78 is 18.1. The monoisotopic (exact) mass is 240 g/mol. The third kappa shape index (κ3) is 4.81. The van der Waals surface area contributed by atoms with Crippen LogP contribution in [0.3, 0.4) is 0 Å². The third-order valence-electron chi connectivity index (χ3n) is 2.79. The van der Waals surface area contributed by atoms with E-state index in [-0.39, 0.29) is 11.9 Å². The molecule has 96 valence electrons. The Labute approximate surface area is 102 Å². The second kappa shape index (κ2) is 7.37. The van der Waals surface area contributed by atoms with Gasteiger partial charge in [0.05, 0.1) is 6.61 Å². The van der Waals surface area contributed by atoms with Crippen molar-refractivity contribution >= 4 is 0 Å². The van der Waals surface area contributed by atoms with Crippen LogP contribution >= 0.6 is 0 Å². The minimum atomic E-state index is -0.238. The van der Waals surface area contributed by atoms with Crippen LogP contribution in [-0.2, 0) is 4.74 Å². The molecule has 0 fully saturated rings. The fourth-order valence-corrected chi connectivity index (χ4v) is 1.72. The highest BCUT2D eigenvalue weighted by Crippen LogP contribution is 2.13. The highest BCUT2D eigenvalue weighted by Gasteiger charge is 2.11. The number of benzene rings is 1. The second-order valence-corrected chi connectivity index (χ2v) is 4.05. The predicted octanol–water partition coefficient (Wildman–Crippen LogP) is 1.79. The van der Waals surface area contributed by atoms with Gasteiger partial charge in [-0.15, -0.1) is 0 Å². The highest BCUT2D eigenvalue weighted by molar-refractivity contribution is 5.20. The van der Waals surface area contributed by atoms with Crippen molar-refractivity contribution in [2.75, 3.05) is 33.4 Å². The summed E-state index contributed by atoms with van der Waals surface area (Å²) in [4.78, 5) is 2.19. The van der Waals surface area contributed by atoms with Gasteiger partial charge in [-0.3, -0.25) is 4.90 Å². The number of nitrogens with zero attached hydrogens (tertiary/aromatic N) is 1. The third-order valence-corrected chi connectivity index (χ3v) is 2.79. The summed E-state index contributed by atoms with van der Waals surface area (Å²) in [7, 11) is 1.68. The lowest BCUT2D eigenvalue weighted by molar-refractivity contribution is 0.147. The average Bonchev–Trinajstić information content (AvgIpc) is 2.34. The van der Waals surface area contributed by atoms with Crippen LogP contribution < -0.4 is 5.73 Å². The molecule has 0 aliphatic rings. The van der Waals surface area contributed by atoms with Crippen molar-refractivity contribution in [3.05, 3.63) is 35.6 Å². The van der Waals surface area contributed by atoms with Crippen LogP contribution in [0.1, 0.15) is 18.5 Å². The van der Waals surface area contributed by atoms with Crippen LogP contribution in [0.5, 0.6) is 0 Å². The molecule has 4 heteroatoms. The zero-order valence-electron chi connectivity index (χ0n) is 10.5. The van der Waals surface area contributed by atoms with Crippen molar-refractivity contribution in [2.45, 2.75) is 13.0 Å². The van der Waals surface area contributed by atoms with Gasteiger partial charge in [0, 0.05) is 26.2 Å². The van der Waals surface area contributed by atoms with Gasteiger partial charge in [-0.1, -0.05) is 19.1 Å².